The Morgan fingerprint density at radius 3 is 2.54 bits per heavy atom. The van der Waals surface area contributed by atoms with Gasteiger partial charge in [-0.3, -0.25) is 9.69 Å². The molecule has 3 saturated heterocycles. The third-order valence-corrected chi connectivity index (χ3v) is 5.25. The molecule has 3 aliphatic rings. The van der Waals surface area contributed by atoms with Crippen molar-refractivity contribution in [1.29, 1.82) is 0 Å². The van der Waals surface area contributed by atoms with Gasteiger partial charge in [-0.05, 0) is 30.5 Å². The summed E-state index contributed by atoms with van der Waals surface area (Å²) in [5.41, 5.74) is -1.05. The molecule has 0 saturated carbocycles. The molecule has 1 aromatic rings. The lowest BCUT2D eigenvalue weighted by atomic mass is 9.69. The molecule has 3 aliphatic heterocycles. The number of benzene rings is 1. The summed E-state index contributed by atoms with van der Waals surface area (Å²) in [6, 6.07) is 4.88. The fourth-order valence-corrected chi connectivity index (χ4v) is 4.05. The minimum Gasteiger partial charge on any atom is -0.394 e. The normalized spacial score (nSPS) is 33.0. The number of methoxy groups -OCH3 is 1. The second-order valence-corrected chi connectivity index (χ2v) is 6.54. The fraction of sp³-hybridized carbons (Fsp3) is 0.588. The van der Waals surface area contributed by atoms with Crippen LogP contribution in [0.3, 0.4) is 0 Å². The summed E-state index contributed by atoms with van der Waals surface area (Å²) in [5, 5.41) is 9.89. The number of hydrogen-bond donors (Lipinski definition) is 1. The van der Waals surface area contributed by atoms with E-state index in [1.54, 1.807) is 0 Å². The molecule has 0 amide bonds. The maximum atomic E-state index is 12.7. The fourth-order valence-electron chi connectivity index (χ4n) is 4.05. The topological polar surface area (TPSA) is 49.8 Å². The third kappa shape index (κ3) is 2.64. The van der Waals surface area contributed by atoms with E-state index in [-0.39, 0.29) is 31.0 Å². The number of ketones is 1. The number of alkyl halides is 3. The standard InChI is InChI=1S/C17H20F3NO3/c1-24-10-16(9-22)15(23)12-6-7-21(16)14(8-12)11-2-4-13(5-3-11)17(18,19)20/h2-5,12,14,22H,6-10H2,1H3/t12?,14-,16?/m1/s1. The summed E-state index contributed by atoms with van der Waals surface area (Å²) in [5.74, 6) is -0.217. The van der Waals surface area contributed by atoms with E-state index >= 15 is 0 Å². The monoisotopic (exact) mass is 343 g/mol. The summed E-state index contributed by atoms with van der Waals surface area (Å²) in [6.07, 6.45) is -3.09. The Morgan fingerprint density at radius 2 is 2.00 bits per heavy atom. The molecule has 1 aromatic carbocycles. The van der Waals surface area contributed by atoms with Gasteiger partial charge in [0.25, 0.3) is 0 Å². The molecule has 0 radical (unpaired) electrons. The van der Waals surface area contributed by atoms with Crippen molar-refractivity contribution in [1.82, 2.24) is 4.90 Å². The van der Waals surface area contributed by atoms with Gasteiger partial charge in [-0.2, -0.15) is 13.2 Å². The Hall–Kier alpha value is -1.44. The van der Waals surface area contributed by atoms with Crippen LogP contribution in [0.5, 0.6) is 0 Å². The van der Waals surface area contributed by atoms with Gasteiger partial charge < -0.3 is 9.84 Å². The van der Waals surface area contributed by atoms with Crippen LogP contribution in [0.1, 0.15) is 30.0 Å². The first-order valence-electron chi connectivity index (χ1n) is 7.91. The van der Waals surface area contributed by atoms with Crippen LogP contribution in [0.15, 0.2) is 24.3 Å². The zero-order valence-corrected chi connectivity index (χ0v) is 13.3. The summed E-state index contributed by atoms with van der Waals surface area (Å²) in [7, 11) is 1.47. The van der Waals surface area contributed by atoms with E-state index < -0.39 is 17.3 Å². The highest BCUT2D eigenvalue weighted by molar-refractivity contribution is 5.92. The molecule has 4 nitrogen and oxygen atoms in total. The summed E-state index contributed by atoms with van der Waals surface area (Å²) >= 11 is 0. The third-order valence-electron chi connectivity index (χ3n) is 5.25. The maximum absolute atomic E-state index is 12.7. The SMILES string of the molecule is COCC1(CO)C(=O)C2CCN1[C@@H](c1ccc(C(F)(F)F)cc1)C2. The Balaban J connectivity index is 1.93. The minimum absolute atomic E-state index is 0.0266. The number of halogens is 3. The van der Waals surface area contributed by atoms with E-state index in [0.717, 1.165) is 17.7 Å². The van der Waals surface area contributed by atoms with E-state index in [1.165, 1.54) is 19.2 Å². The van der Waals surface area contributed by atoms with Crippen LogP contribution >= 0.6 is 0 Å². The van der Waals surface area contributed by atoms with E-state index in [9.17, 15) is 23.1 Å². The van der Waals surface area contributed by atoms with Crippen LogP contribution in [0, 0.1) is 5.92 Å². The summed E-state index contributed by atoms with van der Waals surface area (Å²) < 4.78 is 43.4. The van der Waals surface area contributed by atoms with Gasteiger partial charge in [0, 0.05) is 25.6 Å². The van der Waals surface area contributed by atoms with Gasteiger partial charge in [-0.15, -0.1) is 0 Å². The molecule has 3 heterocycles. The first-order valence-corrected chi connectivity index (χ1v) is 7.91. The van der Waals surface area contributed by atoms with Crippen molar-refractivity contribution in [3.63, 3.8) is 0 Å². The van der Waals surface area contributed by atoms with Crippen LogP contribution in [0.4, 0.5) is 13.2 Å². The molecule has 3 unspecified atom stereocenters. The van der Waals surface area contributed by atoms with Crippen molar-refractivity contribution in [2.45, 2.75) is 30.6 Å². The molecule has 4 rings (SSSR count). The summed E-state index contributed by atoms with van der Waals surface area (Å²) in [6.45, 7) is 0.343. The summed E-state index contributed by atoms with van der Waals surface area (Å²) in [4.78, 5) is 14.6. The van der Waals surface area contributed by atoms with Gasteiger partial charge in [0.05, 0.1) is 18.8 Å². The molecule has 4 atom stereocenters. The molecule has 0 aliphatic carbocycles. The number of aliphatic hydroxyl groups excluding tert-OH is 1. The van der Waals surface area contributed by atoms with Gasteiger partial charge in [0.2, 0.25) is 0 Å². The maximum Gasteiger partial charge on any atom is 0.416 e. The molecule has 132 valence electrons. The van der Waals surface area contributed by atoms with Crippen LogP contribution in [-0.4, -0.2) is 48.2 Å². The highest BCUT2D eigenvalue weighted by Crippen LogP contribution is 2.47. The van der Waals surface area contributed by atoms with Gasteiger partial charge in [0.1, 0.15) is 5.54 Å². The van der Waals surface area contributed by atoms with Crippen LogP contribution in [0.2, 0.25) is 0 Å². The highest BCUT2D eigenvalue weighted by Gasteiger charge is 2.56. The van der Waals surface area contributed by atoms with Crippen molar-refractivity contribution in [3.8, 4) is 0 Å². The van der Waals surface area contributed by atoms with Crippen molar-refractivity contribution in [3.05, 3.63) is 35.4 Å². The van der Waals surface area contributed by atoms with Crippen LogP contribution in [0.25, 0.3) is 0 Å². The number of carbonyl (C=O) groups excluding carboxylic acids is 1. The van der Waals surface area contributed by atoms with Crippen LogP contribution < -0.4 is 0 Å². The molecular formula is C17H20F3NO3. The van der Waals surface area contributed by atoms with Gasteiger partial charge in [-0.25, -0.2) is 0 Å². The van der Waals surface area contributed by atoms with Gasteiger partial charge in [0.15, 0.2) is 5.78 Å². The van der Waals surface area contributed by atoms with E-state index in [0.29, 0.717) is 19.4 Å². The number of aliphatic hydroxyl groups is 1. The van der Waals surface area contributed by atoms with E-state index in [1.807, 2.05) is 4.90 Å². The lowest BCUT2D eigenvalue weighted by Gasteiger charge is -2.55. The van der Waals surface area contributed by atoms with Crippen molar-refractivity contribution >= 4 is 5.78 Å². The Morgan fingerprint density at radius 1 is 1.33 bits per heavy atom. The lowest BCUT2D eigenvalue weighted by molar-refractivity contribution is -0.166. The van der Waals surface area contributed by atoms with E-state index in [2.05, 4.69) is 0 Å². The predicted octanol–water partition coefficient (Wildman–Crippen LogP) is 2.42. The zero-order chi connectivity index (χ0) is 17.5. The number of Topliss-reactive ketones (excluding diaryl/α,β-unsaturated/α-hetero) is 1. The smallest absolute Gasteiger partial charge is 0.394 e. The predicted molar refractivity (Wildman–Crippen MR) is 80.3 cm³/mol. The Kier molecular flexibility index (Phi) is 4.44. The van der Waals surface area contributed by atoms with Gasteiger partial charge in [-0.1, -0.05) is 12.1 Å². The van der Waals surface area contributed by atoms with Crippen LogP contribution in [-0.2, 0) is 15.7 Å². The number of nitrogens with zero attached hydrogens (tertiary/aromatic N) is 1. The number of ether oxygens (including phenoxy) is 1. The highest BCUT2D eigenvalue weighted by atomic mass is 19.4. The molecule has 2 bridgehead atoms. The Bertz CT molecular complexity index is 617. The number of rotatable bonds is 4. The first kappa shape index (κ1) is 17.4. The molecule has 0 aromatic heterocycles. The lowest BCUT2D eigenvalue weighted by Crippen LogP contribution is -2.69. The molecule has 3 fully saturated rings. The zero-order valence-electron chi connectivity index (χ0n) is 13.3. The molecule has 7 heteroatoms. The number of fused-ring (bicyclic) bond motifs is 3. The molecular weight excluding hydrogens is 323 g/mol. The first-order chi connectivity index (χ1) is 11.3. The quantitative estimate of drug-likeness (QED) is 0.912. The van der Waals surface area contributed by atoms with Crippen molar-refractivity contribution < 1.29 is 27.8 Å². The Labute approximate surface area is 138 Å². The average molecular weight is 343 g/mol. The number of piperidine rings is 3. The molecule has 0 spiro atoms. The second-order valence-electron chi connectivity index (χ2n) is 6.54. The largest absolute Gasteiger partial charge is 0.416 e. The van der Waals surface area contributed by atoms with E-state index in [4.69, 9.17) is 4.74 Å². The molecule has 24 heavy (non-hydrogen) atoms. The number of carbonyl (C=O) groups is 1. The minimum atomic E-state index is -4.37. The number of hydrogen-bond acceptors (Lipinski definition) is 4. The van der Waals surface area contributed by atoms with Gasteiger partial charge >= 0.3 is 6.18 Å². The molecule has 1 N–H and O–H groups in total. The van der Waals surface area contributed by atoms with Crippen molar-refractivity contribution in [2.24, 2.45) is 5.92 Å². The van der Waals surface area contributed by atoms with Crippen molar-refractivity contribution in [2.75, 3.05) is 26.9 Å². The second kappa shape index (κ2) is 6.13. The average Bonchev–Trinajstić information content (AvgIpc) is 2.57.